The van der Waals surface area contributed by atoms with Crippen molar-refractivity contribution in [2.75, 3.05) is 25.0 Å². The highest BCUT2D eigenvalue weighted by molar-refractivity contribution is 7.13. The molecule has 1 saturated heterocycles. The summed E-state index contributed by atoms with van der Waals surface area (Å²) in [5, 5.41) is 12.2. The molecule has 28 heavy (non-hydrogen) atoms. The summed E-state index contributed by atoms with van der Waals surface area (Å²) >= 11 is 1.63. The van der Waals surface area contributed by atoms with Crippen LogP contribution in [0.2, 0.25) is 0 Å². The fourth-order valence-corrected chi connectivity index (χ4v) is 4.43. The largest absolute Gasteiger partial charge is 0.366 e. The number of carbonyl (C=O) groups is 2. The van der Waals surface area contributed by atoms with E-state index in [0.717, 1.165) is 36.0 Å². The van der Waals surface area contributed by atoms with Gasteiger partial charge in [0.15, 0.2) is 11.3 Å². The van der Waals surface area contributed by atoms with Gasteiger partial charge in [-0.15, -0.1) is 11.3 Å². The van der Waals surface area contributed by atoms with Crippen LogP contribution in [-0.4, -0.2) is 41.8 Å². The van der Waals surface area contributed by atoms with Crippen LogP contribution in [0.3, 0.4) is 0 Å². The van der Waals surface area contributed by atoms with E-state index in [-0.39, 0.29) is 5.91 Å². The van der Waals surface area contributed by atoms with Crippen LogP contribution in [0, 0.1) is 17.4 Å². The number of anilines is 1. The quantitative estimate of drug-likeness (QED) is 0.596. The second-order valence-corrected chi connectivity index (χ2v) is 7.86. The molecule has 1 atom stereocenters. The van der Waals surface area contributed by atoms with Crippen molar-refractivity contribution in [1.29, 1.82) is 5.26 Å². The third-order valence-electron chi connectivity index (χ3n) is 5.25. The molecule has 3 rings (SSSR count). The number of carbonyl (C=O) groups excluding carboxylic acids is 2. The number of nitrogens with two attached hydrogens (primary N) is 1. The molecule has 0 aliphatic carbocycles. The summed E-state index contributed by atoms with van der Waals surface area (Å²) in [6.07, 6.45) is 6.13. The van der Waals surface area contributed by atoms with E-state index < -0.39 is 11.8 Å². The van der Waals surface area contributed by atoms with Gasteiger partial charge >= 0.3 is 0 Å². The molecule has 1 aromatic carbocycles. The van der Waals surface area contributed by atoms with Crippen LogP contribution in [0.4, 0.5) is 5.13 Å². The number of primary amides is 1. The van der Waals surface area contributed by atoms with Gasteiger partial charge in [0.25, 0.3) is 0 Å². The van der Waals surface area contributed by atoms with Crippen LogP contribution >= 0.6 is 11.3 Å². The summed E-state index contributed by atoms with van der Waals surface area (Å²) in [4.78, 5) is 32.4. The van der Waals surface area contributed by atoms with Crippen molar-refractivity contribution < 1.29 is 9.59 Å². The molecule has 1 aliphatic heterocycles. The highest BCUT2D eigenvalue weighted by Crippen LogP contribution is 2.34. The van der Waals surface area contributed by atoms with E-state index in [2.05, 4.69) is 9.88 Å². The zero-order chi connectivity index (χ0) is 20.1. The summed E-state index contributed by atoms with van der Waals surface area (Å²) in [5.74, 6) is -1.12. The van der Waals surface area contributed by atoms with E-state index in [0.29, 0.717) is 23.5 Å². The summed E-state index contributed by atoms with van der Waals surface area (Å²) in [6, 6.07) is 6.92. The molecule has 0 saturated carbocycles. The number of nitriles is 1. The number of piperidine rings is 1. The molecule has 0 unspecified atom stereocenters. The van der Waals surface area contributed by atoms with Crippen molar-refractivity contribution >= 4 is 28.3 Å². The Labute approximate surface area is 168 Å². The van der Waals surface area contributed by atoms with E-state index in [1.165, 1.54) is 7.05 Å². The zero-order valence-corrected chi connectivity index (χ0v) is 16.6. The van der Waals surface area contributed by atoms with E-state index in [1.54, 1.807) is 41.8 Å². The highest BCUT2D eigenvalue weighted by atomic mass is 32.1. The summed E-state index contributed by atoms with van der Waals surface area (Å²) in [7, 11) is 1.45. The molecule has 2 heterocycles. The molecule has 1 fully saturated rings. The lowest BCUT2D eigenvalue weighted by Gasteiger charge is -2.33. The minimum Gasteiger partial charge on any atom is -0.366 e. The van der Waals surface area contributed by atoms with Crippen molar-refractivity contribution in [3.05, 3.63) is 47.0 Å². The molecular weight excluding hydrogens is 374 g/mol. The average molecular weight is 398 g/mol. The Balaban J connectivity index is 1.79. The fourth-order valence-electron chi connectivity index (χ4n) is 3.73. The van der Waals surface area contributed by atoms with Crippen LogP contribution in [-0.2, 0) is 4.79 Å². The first kappa shape index (κ1) is 19.8. The lowest BCUT2D eigenvalue weighted by molar-refractivity contribution is -0.129. The molecule has 7 nitrogen and oxygen atoms in total. The molecule has 8 heteroatoms. The maximum absolute atomic E-state index is 12.9. The number of benzene rings is 1. The first-order chi connectivity index (χ1) is 13.5. The number of amides is 2. The van der Waals surface area contributed by atoms with Gasteiger partial charge in [-0.2, -0.15) is 5.26 Å². The first-order valence-corrected chi connectivity index (χ1v) is 10.1. The van der Waals surface area contributed by atoms with Gasteiger partial charge in [-0.25, -0.2) is 4.98 Å². The van der Waals surface area contributed by atoms with Crippen molar-refractivity contribution in [3.8, 4) is 6.19 Å². The molecule has 2 N–H and O–H groups in total. The van der Waals surface area contributed by atoms with E-state index >= 15 is 0 Å². The normalized spacial score (nSPS) is 15.6. The number of thiazole rings is 1. The predicted molar refractivity (Wildman–Crippen MR) is 108 cm³/mol. The maximum Gasteiger partial charge on any atom is 0.249 e. The van der Waals surface area contributed by atoms with Crippen molar-refractivity contribution in [1.82, 2.24) is 9.88 Å². The zero-order valence-electron chi connectivity index (χ0n) is 15.7. The third-order valence-corrected chi connectivity index (χ3v) is 6.09. The predicted octanol–water partition coefficient (Wildman–Crippen LogP) is 2.57. The monoisotopic (exact) mass is 397 g/mol. The number of nitrogens with zero attached hydrogens (tertiary/aromatic N) is 4. The van der Waals surface area contributed by atoms with Gasteiger partial charge in [0.2, 0.25) is 11.8 Å². The van der Waals surface area contributed by atoms with Crippen molar-refractivity contribution in [3.63, 3.8) is 0 Å². The molecule has 2 amide bonds. The fraction of sp³-hybridized carbons (Fsp3) is 0.400. The Morgan fingerprint density at radius 3 is 2.71 bits per heavy atom. The number of hydrogen-bond donors (Lipinski definition) is 1. The Morgan fingerprint density at radius 2 is 2.11 bits per heavy atom. The second-order valence-electron chi connectivity index (χ2n) is 6.98. The summed E-state index contributed by atoms with van der Waals surface area (Å²) < 4.78 is 0. The number of likely N-dealkylation sites (N-methyl/N-ethyl adjacent to an activating group) is 1. The van der Waals surface area contributed by atoms with Gasteiger partial charge in [0, 0.05) is 37.3 Å². The molecular formula is C20H23N5O2S. The van der Waals surface area contributed by atoms with Gasteiger partial charge in [-0.1, -0.05) is 18.2 Å². The topological polar surface area (TPSA) is 103 Å². The minimum atomic E-state index is -0.565. The lowest BCUT2D eigenvalue weighted by atomic mass is 9.81. The van der Waals surface area contributed by atoms with Crippen LogP contribution < -0.4 is 10.6 Å². The molecule has 0 bridgehead atoms. The average Bonchev–Trinajstić information content (AvgIpc) is 3.26. The molecule has 2 aromatic rings. The Hall–Kier alpha value is -2.92. The summed E-state index contributed by atoms with van der Waals surface area (Å²) in [6.45, 7) is 1.76. The van der Waals surface area contributed by atoms with Gasteiger partial charge in [-0.3, -0.25) is 14.5 Å². The first-order valence-electron chi connectivity index (χ1n) is 9.21. The van der Waals surface area contributed by atoms with Gasteiger partial charge < -0.3 is 10.6 Å². The Kier molecular flexibility index (Phi) is 6.26. The highest BCUT2D eigenvalue weighted by Gasteiger charge is 2.31. The molecule has 0 spiro atoms. The second kappa shape index (κ2) is 8.85. The molecule has 1 aliphatic rings. The van der Waals surface area contributed by atoms with Crippen LogP contribution in [0.15, 0.2) is 35.8 Å². The maximum atomic E-state index is 12.9. The SMILES string of the molecule is CN(C#N)C(=O)[C@@H](CC1CCN(c2nccs2)CC1)c1ccccc1C(N)=O. The molecule has 146 valence electrons. The molecule has 1 aromatic heterocycles. The van der Waals surface area contributed by atoms with Gasteiger partial charge in [-0.05, 0) is 36.8 Å². The van der Waals surface area contributed by atoms with Crippen molar-refractivity contribution in [2.45, 2.75) is 25.2 Å². The smallest absolute Gasteiger partial charge is 0.249 e. The number of aromatic nitrogens is 1. The van der Waals surface area contributed by atoms with E-state index in [1.807, 2.05) is 11.6 Å². The van der Waals surface area contributed by atoms with Gasteiger partial charge in [0.1, 0.15) is 0 Å². The third kappa shape index (κ3) is 4.31. The van der Waals surface area contributed by atoms with Crippen LogP contribution in [0.25, 0.3) is 0 Å². The Morgan fingerprint density at radius 1 is 1.39 bits per heavy atom. The lowest BCUT2D eigenvalue weighted by Crippen LogP contribution is -2.36. The van der Waals surface area contributed by atoms with Crippen LogP contribution in [0.5, 0.6) is 0 Å². The number of hydrogen-bond acceptors (Lipinski definition) is 6. The Bertz CT molecular complexity index is 869. The van der Waals surface area contributed by atoms with Crippen molar-refractivity contribution in [2.24, 2.45) is 11.7 Å². The standard InChI is InChI=1S/C20H23N5O2S/c1-24(13-21)19(27)17(15-4-2-3-5-16(15)18(22)26)12-14-6-9-25(10-7-14)20-23-8-11-28-20/h2-5,8,11,14,17H,6-7,9-10,12H2,1H3,(H2,22,26)/t17-/m0/s1. The van der Waals surface area contributed by atoms with Gasteiger partial charge in [0.05, 0.1) is 5.92 Å². The van der Waals surface area contributed by atoms with Crippen LogP contribution in [0.1, 0.15) is 41.1 Å². The molecule has 0 radical (unpaired) electrons. The summed E-state index contributed by atoms with van der Waals surface area (Å²) in [5.41, 5.74) is 6.47. The number of rotatable bonds is 6. The van der Waals surface area contributed by atoms with E-state index in [4.69, 9.17) is 5.73 Å². The van der Waals surface area contributed by atoms with E-state index in [9.17, 15) is 14.9 Å². The minimum absolute atomic E-state index is 0.307.